The molecule has 1 aromatic heterocycles. The van der Waals surface area contributed by atoms with Crippen LogP contribution in [0.1, 0.15) is 48.7 Å². The highest BCUT2D eigenvalue weighted by atomic mass is 32.1. The maximum absolute atomic E-state index is 12.7. The topological polar surface area (TPSA) is 58.6 Å². The van der Waals surface area contributed by atoms with Gasteiger partial charge in [0.05, 0.1) is 6.61 Å². The van der Waals surface area contributed by atoms with Crippen molar-refractivity contribution in [2.75, 3.05) is 26.2 Å². The van der Waals surface area contributed by atoms with E-state index in [0.717, 1.165) is 42.7 Å². The second-order valence-electron chi connectivity index (χ2n) is 6.90. The minimum atomic E-state index is -0.113. The number of rotatable bonds is 8. The van der Waals surface area contributed by atoms with Crippen LogP contribution in [-0.2, 0) is 4.79 Å². The van der Waals surface area contributed by atoms with Gasteiger partial charge in [0.15, 0.2) is 0 Å². The summed E-state index contributed by atoms with van der Waals surface area (Å²) < 4.78 is 5.69. The Kier molecular flexibility index (Phi) is 7.48. The SMILES string of the molecule is CCOc1cc(-c2ccccc2)sc1C(=O)NCCCN1CCCCCC1=O. The summed E-state index contributed by atoms with van der Waals surface area (Å²) in [5.74, 6) is 0.762. The average Bonchev–Trinajstić information content (AvgIpc) is 3.03. The lowest BCUT2D eigenvalue weighted by Crippen LogP contribution is -2.33. The minimum absolute atomic E-state index is 0.113. The van der Waals surface area contributed by atoms with E-state index in [1.807, 2.05) is 48.2 Å². The van der Waals surface area contributed by atoms with E-state index < -0.39 is 0 Å². The van der Waals surface area contributed by atoms with Crippen LogP contribution in [0.25, 0.3) is 10.4 Å². The normalized spacial score (nSPS) is 14.6. The first kappa shape index (κ1) is 20.4. The zero-order chi connectivity index (χ0) is 19.8. The lowest BCUT2D eigenvalue weighted by molar-refractivity contribution is -0.130. The summed E-state index contributed by atoms with van der Waals surface area (Å²) in [6.07, 6.45) is 4.61. The molecule has 28 heavy (non-hydrogen) atoms. The van der Waals surface area contributed by atoms with Crippen molar-refractivity contribution < 1.29 is 14.3 Å². The van der Waals surface area contributed by atoms with E-state index >= 15 is 0 Å². The van der Waals surface area contributed by atoms with Crippen molar-refractivity contribution in [3.8, 4) is 16.2 Å². The fourth-order valence-corrected chi connectivity index (χ4v) is 4.39. The summed E-state index contributed by atoms with van der Waals surface area (Å²) in [6, 6.07) is 11.9. The van der Waals surface area contributed by atoms with Gasteiger partial charge in [0, 0.05) is 30.9 Å². The van der Waals surface area contributed by atoms with Crippen molar-refractivity contribution in [3.63, 3.8) is 0 Å². The molecule has 2 aromatic rings. The van der Waals surface area contributed by atoms with Crippen LogP contribution >= 0.6 is 11.3 Å². The Morgan fingerprint density at radius 1 is 1.21 bits per heavy atom. The molecule has 0 radical (unpaired) electrons. The number of nitrogens with one attached hydrogen (secondary N) is 1. The molecular weight excluding hydrogens is 372 g/mol. The number of hydrogen-bond acceptors (Lipinski definition) is 4. The molecule has 0 bridgehead atoms. The number of amides is 2. The van der Waals surface area contributed by atoms with Gasteiger partial charge in [-0.3, -0.25) is 9.59 Å². The van der Waals surface area contributed by atoms with Gasteiger partial charge in [-0.25, -0.2) is 0 Å². The second-order valence-corrected chi connectivity index (χ2v) is 7.96. The van der Waals surface area contributed by atoms with Crippen LogP contribution in [0.4, 0.5) is 0 Å². The number of benzene rings is 1. The number of thiophene rings is 1. The Bertz CT molecular complexity index is 788. The van der Waals surface area contributed by atoms with Crippen molar-refractivity contribution in [1.82, 2.24) is 10.2 Å². The first-order valence-electron chi connectivity index (χ1n) is 10.1. The molecule has 1 N–H and O–H groups in total. The molecule has 3 rings (SSSR count). The Hall–Kier alpha value is -2.34. The number of nitrogens with zero attached hydrogens (tertiary/aromatic N) is 1. The van der Waals surface area contributed by atoms with Crippen molar-refractivity contribution in [2.24, 2.45) is 0 Å². The fraction of sp³-hybridized carbons (Fsp3) is 0.455. The Balaban J connectivity index is 1.57. The molecule has 6 heteroatoms. The summed E-state index contributed by atoms with van der Waals surface area (Å²) in [5.41, 5.74) is 1.08. The maximum atomic E-state index is 12.7. The van der Waals surface area contributed by atoms with Gasteiger partial charge in [0.2, 0.25) is 5.91 Å². The predicted molar refractivity (Wildman–Crippen MR) is 113 cm³/mol. The summed E-state index contributed by atoms with van der Waals surface area (Å²) in [7, 11) is 0. The van der Waals surface area contributed by atoms with Crippen molar-refractivity contribution in [1.29, 1.82) is 0 Å². The van der Waals surface area contributed by atoms with Crippen LogP contribution in [0.15, 0.2) is 36.4 Å². The molecule has 1 saturated heterocycles. The molecule has 0 unspecified atom stereocenters. The zero-order valence-electron chi connectivity index (χ0n) is 16.4. The molecule has 1 fully saturated rings. The van der Waals surface area contributed by atoms with Gasteiger partial charge in [0.25, 0.3) is 5.91 Å². The van der Waals surface area contributed by atoms with Crippen LogP contribution in [-0.4, -0.2) is 43.0 Å². The lowest BCUT2D eigenvalue weighted by Gasteiger charge is -2.20. The van der Waals surface area contributed by atoms with Gasteiger partial charge < -0.3 is 15.0 Å². The van der Waals surface area contributed by atoms with E-state index in [1.54, 1.807) is 0 Å². The Morgan fingerprint density at radius 3 is 2.82 bits per heavy atom. The molecule has 0 aliphatic carbocycles. The smallest absolute Gasteiger partial charge is 0.265 e. The van der Waals surface area contributed by atoms with E-state index in [4.69, 9.17) is 4.74 Å². The highest BCUT2D eigenvalue weighted by Gasteiger charge is 2.19. The third kappa shape index (κ3) is 5.35. The summed E-state index contributed by atoms with van der Waals surface area (Å²) in [5, 5.41) is 2.99. The van der Waals surface area contributed by atoms with Gasteiger partial charge >= 0.3 is 0 Å². The lowest BCUT2D eigenvalue weighted by atomic mass is 10.2. The van der Waals surface area contributed by atoms with Crippen LogP contribution in [0.5, 0.6) is 5.75 Å². The summed E-state index contributed by atoms with van der Waals surface area (Å²) in [4.78, 5) is 28.3. The van der Waals surface area contributed by atoms with E-state index in [9.17, 15) is 9.59 Å². The first-order chi connectivity index (χ1) is 13.7. The largest absolute Gasteiger partial charge is 0.492 e. The zero-order valence-corrected chi connectivity index (χ0v) is 17.2. The van der Waals surface area contributed by atoms with Gasteiger partial charge in [-0.1, -0.05) is 36.8 Å². The van der Waals surface area contributed by atoms with Crippen molar-refractivity contribution in [2.45, 2.75) is 39.0 Å². The van der Waals surface area contributed by atoms with Gasteiger partial charge in [-0.2, -0.15) is 0 Å². The molecule has 2 amide bonds. The third-order valence-electron chi connectivity index (χ3n) is 4.82. The average molecular weight is 401 g/mol. The molecule has 5 nitrogen and oxygen atoms in total. The van der Waals surface area contributed by atoms with Gasteiger partial charge in [-0.15, -0.1) is 11.3 Å². The minimum Gasteiger partial charge on any atom is -0.492 e. The molecule has 0 spiro atoms. The number of carbonyl (C=O) groups excluding carboxylic acids is 2. The quantitative estimate of drug-likeness (QED) is 0.671. The number of ether oxygens (including phenoxy) is 1. The van der Waals surface area contributed by atoms with Crippen LogP contribution in [0, 0.1) is 0 Å². The number of likely N-dealkylation sites (tertiary alicyclic amines) is 1. The standard InChI is InChI=1S/C22H28N2O3S/c1-2-27-18-16-19(17-10-5-3-6-11-17)28-21(18)22(26)23-13-9-15-24-14-8-4-7-12-20(24)25/h3,5-6,10-11,16H,2,4,7-9,12-15H2,1H3,(H,23,26). The van der Waals surface area contributed by atoms with Crippen LogP contribution in [0.2, 0.25) is 0 Å². The highest BCUT2D eigenvalue weighted by molar-refractivity contribution is 7.17. The Labute approximate surface area is 170 Å². The van der Waals surface area contributed by atoms with E-state index in [1.165, 1.54) is 11.3 Å². The molecule has 1 aliphatic rings. The third-order valence-corrected chi connectivity index (χ3v) is 5.99. The van der Waals surface area contributed by atoms with Crippen molar-refractivity contribution >= 4 is 23.2 Å². The Morgan fingerprint density at radius 2 is 2.04 bits per heavy atom. The molecule has 0 atom stereocenters. The molecule has 150 valence electrons. The predicted octanol–water partition coefficient (Wildman–Crippen LogP) is 4.34. The van der Waals surface area contributed by atoms with E-state index in [2.05, 4.69) is 5.32 Å². The first-order valence-corrected chi connectivity index (χ1v) is 10.9. The van der Waals surface area contributed by atoms with Gasteiger partial charge in [-0.05, 0) is 37.8 Å². The fourth-order valence-electron chi connectivity index (χ4n) is 3.37. The van der Waals surface area contributed by atoms with Crippen LogP contribution in [0.3, 0.4) is 0 Å². The molecule has 0 saturated carbocycles. The molecule has 2 heterocycles. The number of carbonyl (C=O) groups is 2. The van der Waals surface area contributed by atoms with Gasteiger partial charge in [0.1, 0.15) is 10.6 Å². The van der Waals surface area contributed by atoms with E-state index in [-0.39, 0.29) is 11.8 Å². The van der Waals surface area contributed by atoms with Crippen molar-refractivity contribution in [3.05, 3.63) is 41.3 Å². The van der Waals surface area contributed by atoms with Crippen LogP contribution < -0.4 is 10.1 Å². The monoisotopic (exact) mass is 400 g/mol. The summed E-state index contributed by atoms with van der Waals surface area (Å²) >= 11 is 1.45. The highest BCUT2D eigenvalue weighted by Crippen LogP contribution is 2.36. The number of hydrogen-bond donors (Lipinski definition) is 1. The molecule has 1 aromatic carbocycles. The molecular formula is C22H28N2O3S. The summed E-state index contributed by atoms with van der Waals surface area (Å²) in [6.45, 7) is 4.53. The second kappa shape index (κ2) is 10.3. The maximum Gasteiger partial charge on any atom is 0.265 e. The molecule has 1 aliphatic heterocycles. The van der Waals surface area contributed by atoms with E-state index in [0.29, 0.717) is 36.7 Å².